The maximum absolute atomic E-state index is 12.6. The van der Waals surface area contributed by atoms with Crippen LogP contribution in [0.3, 0.4) is 0 Å². The van der Waals surface area contributed by atoms with Crippen LogP contribution in [0.15, 0.2) is 42.2 Å². The van der Waals surface area contributed by atoms with E-state index in [1.54, 1.807) is 36.4 Å². The van der Waals surface area contributed by atoms with Gasteiger partial charge in [0.15, 0.2) is 23.9 Å². The molecule has 0 saturated heterocycles. The summed E-state index contributed by atoms with van der Waals surface area (Å²) in [5, 5.41) is 11.0. The van der Waals surface area contributed by atoms with Crippen LogP contribution < -0.4 is 24.3 Å². The van der Waals surface area contributed by atoms with E-state index in [4.69, 9.17) is 24.1 Å². The van der Waals surface area contributed by atoms with Gasteiger partial charge in [0.05, 0.1) is 12.0 Å². The predicted octanol–water partition coefficient (Wildman–Crippen LogP) is 2.00. The molecule has 0 spiro atoms. The fourth-order valence-corrected chi connectivity index (χ4v) is 2.92. The highest BCUT2D eigenvalue weighted by Gasteiger charge is 2.28. The van der Waals surface area contributed by atoms with E-state index in [-0.39, 0.29) is 37.9 Å². The summed E-state index contributed by atoms with van der Waals surface area (Å²) in [6.07, 6.45) is 1.44. The Morgan fingerprint density at radius 1 is 1.10 bits per heavy atom. The lowest BCUT2D eigenvalue weighted by atomic mass is 10.1. The molecule has 0 bridgehead atoms. The summed E-state index contributed by atoms with van der Waals surface area (Å²) in [5.41, 5.74) is 1.12. The number of carbonyl (C=O) groups is 3. The van der Waals surface area contributed by atoms with E-state index in [9.17, 15) is 14.4 Å². The summed E-state index contributed by atoms with van der Waals surface area (Å²) in [6.45, 7) is -0.101. The lowest BCUT2D eigenvalue weighted by molar-refractivity contribution is -0.137. The molecule has 154 valence electrons. The third-order valence-electron chi connectivity index (χ3n) is 4.37. The zero-order valence-electron chi connectivity index (χ0n) is 15.7. The predicted molar refractivity (Wildman–Crippen MR) is 103 cm³/mol. The number of hydrogen-bond donors (Lipinski definition) is 2. The number of Topliss-reactive ketones (excluding diaryl/α,β-unsaturated/α-hetero) is 1. The number of carbonyl (C=O) groups excluding carboxylic acids is 2. The van der Waals surface area contributed by atoms with Crippen molar-refractivity contribution in [2.24, 2.45) is 0 Å². The molecule has 0 aliphatic carbocycles. The number of rotatable bonds is 7. The minimum Gasteiger partial charge on any atom is -0.484 e. The summed E-state index contributed by atoms with van der Waals surface area (Å²) in [6, 6.07) is 9.96. The molecule has 2 aliphatic rings. The van der Waals surface area contributed by atoms with E-state index >= 15 is 0 Å². The number of amides is 1. The smallest absolute Gasteiger partial charge is 0.305 e. The highest BCUT2D eigenvalue weighted by molar-refractivity contribution is 6.14. The van der Waals surface area contributed by atoms with Gasteiger partial charge in [0, 0.05) is 12.6 Å². The summed E-state index contributed by atoms with van der Waals surface area (Å²) in [7, 11) is 0. The van der Waals surface area contributed by atoms with E-state index < -0.39 is 11.9 Å². The molecule has 0 aromatic heterocycles. The quantitative estimate of drug-likeness (QED) is 0.664. The van der Waals surface area contributed by atoms with Crippen LogP contribution in [-0.4, -0.2) is 42.7 Å². The van der Waals surface area contributed by atoms with Crippen molar-refractivity contribution >= 4 is 23.7 Å². The van der Waals surface area contributed by atoms with Crippen LogP contribution in [0.2, 0.25) is 0 Å². The largest absolute Gasteiger partial charge is 0.484 e. The first-order valence-corrected chi connectivity index (χ1v) is 9.09. The van der Waals surface area contributed by atoms with Crippen molar-refractivity contribution in [2.45, 2.75) is 6.42 Å². The van der Waals surface area contributed by atoms with Crippen LogP contribution >= 0.6 is 0 Å². The maximum atomic E-state index is 12.6. The van der Waals surface area contributed by atoms with Gasteiger partial charge in [-0.3, -0.25) is 14.4 Å². The van der Waals surface area contributed by atoms with Crippen LogP contribution in [0, 0.1) is 0 Å². The SMILES string of the molecule is O=C(O)CCNC(=O)COc1ccc2c(c1)O/C(=C\c1ccc3c(c1)OCO3)C2=O. The second-order valence-corrected chi connectivity index (χ2v) is 6.49. The average Bonchev–Trinajstić information content (AvgIpc) is 3.30. The van der Waals surface area contributed by atoms with Gasteiger partial charge >= 0.3 is 5.97 Å². The van der Waals surface area contributed by atoms with Crippen LogP contribution in [0.5, 0.6) is 23.0 Å². The second-order valence-electron chi connectivity index (χ2n) is 6.49. The summed E-state index contributed by atoms with van der Waals surface area (Å²) in [4.78, 5) is 34.7. The van der Waals surface area contributed by atoms with Crippen molar-refractivity contribution in [3.05, 3.63) is 53.3 Å². The van der Waals surface area contributed by atoms with Gasteiger partial charge in [-0.15, -0.1) is 0 Å². The zero-order chi connectivity index (χ0) is 21.1. The summed E-state index contributed by atoms with van der Waals surface area (Å²) in [5.74, 6) is 0.374. The zero-order valence-corrected chi connectivity index (χ0v) is 15.7. The molecule has 0 unspecified atom stereocenters. The summed E-state index contributed by atoms with van der Waals surface area (Å²) < 4.78 is 21.7. The molecule has 2 aromatic rings. The third-order valence-corrected chi connectivity index (χ3v) is 4.37. The van der Waals surface area contributed by atoms with E-state index in [2.05, 4.69) is 5.32 Å². The van der Waals surface area contributed by atoms with Crippen molar-refractivity contribution in [1.82, 2.24) is 5.32 Å². The molecule has 0 radical (unpaired) electrons. The number of nitrogens with one attached hydrogen (secondary N) is 1. The topological polar surface area (TPSA) is 120 Å². The van der Waals surface area contributed by atoms with Gasteiger partial charge in [-0.1, -0.05) is 6.07 Å². The molecule has 4 rings (SSSR count). The highest BCUT2D eigenvalue weighted by atomic mass is 16.7. The molecule has 0 atom stereocenters. The third kappa shape index (κ3) is 4.19. The lowest BCUT2D eigenvalue weighted by Crippen LogP contribution is -2.30. The first-order chi connectivity index (χ1) is 14.5. The molecular weight excluding hydrogens is 394 g/mol. The standard InChI is InChI=1S/C21H17NO8/c23-19(22-6-5-20(24)25)10-27-13-2-3-14-16(9-13)30-18(21(14)26)8-12-1-4-15-17(7-12)29-11-28-15/h1-4,7-9H,5-6,10-11H2,(H,22,23)(H,24,25)/b18-8-. The Morgan fingerprint density at radius 2 is 1.93 bits per heavy atom. The van der Waals surface area contributed by atoms with Gasteiger partial charge in [-0.25, -0.2) is 0 Å². The Bertz CT molecular complexity index is 1060. The summed E-state index contributed by atoms with van der Waals surface area (Å²) >= 11 is 0. The highest BCUT2D eigenvalue weighted by Crippen LogP contribution is 2.37. The molecule has 2 aliphatic heterocycles. The Hall–Kier alpha value is -4.01. The minimum atomic E-state index is -0.999. The Morgan fingerprint density at radius 3 is 2.77 bits per heavy atom. The van der Waals surface area contributed by atoms with Gasteiger partial charge in [-0.05, 0) is 35.9 Å². The number of ether oxygens (including phenoxy) is 4. The van der Waals surface area contributed by atoms with E-state index in [0.717, 1.165) is 5.56 Å². The molecule has 0 saturated carbocycles. The number of aliphatic carboxylic acids is 1. The molecule has 1 amide bonds. The average molecular weight is 411 g/mol. The Balaban J connectivity index is 1.40. The fraction of sp³-hybridized carbons (Fsp3) is 0.190. The number of benzene rings is 2. The molecule has 30 heavy (non-hydrogen) atoms. The number of ketones is 1. The maximum Gasteiger partial charge on any atom is 0.305 e. The van der Waals surface area contributed by atoms with Gasteiger partial charge in [0.25, 0.3) is 5.91 Å². The minimum absolute atomic E-state index is 0.0212. The van der Waals surface area contributed by atoms with E-state index in [1.807, 2.05) is 0 Å². The first kappa shape index (κ1) is 19.3. The van der Waals surface area contributed by atoms with E-state index in [1.165, 1.54) is 6.07 Å². The van der Waals surface area contributed by atoms with Gasteiger partial charge in [0.2, 0.25) is 12.6 Å². The fourth-order valence-electron chi connectivity index (χ4n) is 2.92. The number of carboxylic acids is 1. The van der Waals surface area contributed by atoms with Crippen molar-refractivity contribution in [2.75, 3.05) is 19.9 Å². The van der Waals surface area contributed by atoms with Crippen LogP contribution in [0.4, 0.5) is 0 Å². The molecule has 9 nitrogen and oxygen atoms in total. The second kappa shape index (κ2) is 8.16. The monoisotopic (exact) mass is 411 g/mol. The van der Waals surface area contributed by atoms with E-state index in [0.29, 0.717) is 28.6 Å². The number of carboxylic acid groups (broad SMARTS) is 1. The van der Waals surface area contributed by atoms with Crippen LogP contribution in [0.25, 0.3) is 6.08 Å². The Labute approximate surface area is 170 Å². The number of allylic oxidation sites excluding steroid dienone is 1. The molecule has 2 heterocycles. The van der Waals surface area contributed by atoms with Crippen molar-refractivity contribution < 1.29 is 38.4 Å². The van der Waals surface area contributed by atoms with Gasteiger partial charge in [0.1, 0.15) is 11.5 Å². The number of hydrogen-bond acceptors (Lipinski definition) is 7. The van der Waals surface area contributed by atoms with Crippen LogP contribution in [-0.2, 0) is 9.59 Å². The number of fused-ring (bicyclic) bond motifs is 2. The Kier molecular flexibility index (Phi) is 5.25. The molecule has 2 N–H and O–H groups in total. The van der Waals surface area contributed by atoms with Crippen molar-refractivity contribution in [3.8, 4) is 23.0 Å². The van der Waals surface area contributed by atoms with Crippen molar-refractivity contribution in [1.29, 1.82) is 0 Å². The van der Waals surface area contributed by atoms with Gasteiger partial charge < -0.3 is 29.4 Å². The molecule has 0 fully saturated rings. The van der Waals surface area contributed by atoms with Crippen molar-refractivity contribution in [3.63, 3.8) is 0 Å². The first-order valence-electron chi connectivity index (χ1n) is 9.09. The molecule has 9 heteroatoms. The molecular formula is C21H17NO8. The van der Waals surface area contributed by atoms with Crippen LogP contribution in [0.1, 0.15) is 22.3 Å². The lowest BCUT2D eigenvalue weighted by Gasteiger charge is -2.07. The normalized spacial score (nSPS) is 14.9. The molecule has 2 aromatic carbocycles. The van der Waals surface area contributed by atoms with Gasteiger partial charge in [-0.2, -0.15) is 0 Å².